The number of hydrogen-bond donors (Lipinski definition) is 1. The van der Waals surface area contributed by atoms with Gasteiger partial charge in [0, 0.05) is 10.1 Å². The van der Waals surface area contributed by atoms with Gasteiger partial charge in [-0.1, -0.05) is 13.0 Å². The highest BCUT2D eigenvalue weighted by Crippen LogP contribution is 2.12. The second-order valence-corrected chi connectivity index (χ2v) is 4.05. The molecule has 0 saturated carbocycles. The second-order valence-electron chi connectivity index (χ2n) is 2.13. The zero-order chi connectivity index (χ0) is 6.69. The SMILES string of the molecule is CC(S)Cc1cccs1. The van der Waals surface area contributed by atoms with Gasteiger partial charge in [0.15, 0.2) is 0 Å². The second kappa shape index (κ2) is 3.28. The summed E-state index contributed by atoms with van der Waals surface area (Å²) in [5.74, 6) is 0. The van der Waals surface area contributed by atoms with Crippen LogP contribution in [0.25, 0.3) is 0 Å². The molecule has 0 aliphatic heterocycles. The van der Waals surface area contributed by atoms with E-state index in [-0.39, 0.29) is 0 Å². The van der Waals surface area contributed by atoms with Crippen molar-refractivity contribution in [1.29, 1.82) is 0 Å². The maximum Gasteiger partial charge on any atom is 0.00560 e. The molecule has 0 aliphatic carbocycles. The molecule has 0 fully saturated rings. The van der Waals surface area contributed by atoms with Crippen LogP contribution < -0.4 is 0 Å². The molecule has 0 nitrogen and oxygen atoms in total. The average Bonchev–Trinajstić information content (AvgIpc) is 2.15. The molecule has 0 N–H and O–H groups in total. The molecule has 9 heavy (non-hydrogen) atoms. The third kappa shape index (κ3) is 2.41. The van der Waals surface area contributed by atoms with Gasteiger partial charge in [-0.15, -0.1) is 11.3 Å². The van der Waals surface area contributed by atoms with Gasteiger partial charge in [-0.25, -0.2) is 0 Å². The highest BCUT2D eigenvalue weighted by Gasteiger charge is 1.96. The van der Waals surface area contributed by atoms with E-state index < -0.39 is 0 Å². The molecule has 0 saturated heterocycles. The highest BCUT2D eigenvalue weighted by molar-refractivity contribution is 7.80. The highest BCUT2D eigenvalue weighted by atomic mass is 32.1. The van der Waals surface area contributed by atoms with E-state index in [4.69, 9.17) is 0 Å². The number of hydrogen-bond acceptors (Lipinski definition) is 2. The fourth-order valence-electron chi connectivity index (χ4n) is 0.720. The first-order valence-corrected chi connectivity index (χ1v) is 4.39. The van der Waals surface area contributed by atoms with Crippen molar-refractivity contribution in [3.63, 3.8) is 0 Å². The monoisotopic (exact) mass is 158 g/mol. The van der Waals surface area contributed by atoms with Crippen LogP contribution >= 0.6 is 24.0 Å². The summed E-state index contributed by atoms with van der Waals surface area (Å²) in [4.78, 5) is 1.43. The van der Waals surface area contributed by atoms with E-state index in [9.17, 15) is 0 Å². The van der Waals surface area contributed by atoms with E-state index in [0.717, 1.165) is 6.42 Å². The summed E-state index contributed by atoms with van der Waals surface area (Å²) in [6.07, 6.45) is 1.10. The van der Waals surface area contributed by atoms with Gasteiger partial charge in [0.25, 0.3) is 0 Å². The molecule has 0 radical (unpaired) electrons. The van der Waals surface area contributed by atoms with E-state index in [1.165, 1.54) is 4.88 Å². The van der Waals surface area contributed by atoms with Crippen molar-refractivity contribution in [3.8, 4) is 0 Å². The van der Waals surface area contributed by atoms with Crippen LogP contribution in [-0.2, 0) is 6.42 Å². The lowest BCUT2D eigenvalue weighted by molar-refractivity contribution is 0.970. The van der Waals surface area contributed by atoms with Gasteiger partial charge in [0.05, 0.1) is 0 Å². The van der Waals surface area contributed by atoms with Crippen molar-refractivity contribution >= 4 is 24.0 Å². The predicted molar refractivity (Wildman–Crippen MR) is 46.5 cm³/mol. The summed E-state index contributed by atoms with van der Waals surface area (Å²) in [5, 5.41) is 2.59. The third-order valence-electron chi connectivity index (χ3n) is 1.08. The smallest absolute Gasteiger partial charge is 0.00560 e. The Bertz CT molecular complexity index is 153. The summed E-state index contributed by atoms with van der Waals surface area (Å²) in [7, 11) is 0. The summed E-state index contributed by atoms with van der Waals surface area (Å²) in [6, 6.07) is 4.23. The van der Waals surface area contributed by atoms with E-state index in [0.29, 0.717) is 5.25 Å². The number of rotatable bonds is 2. The van der Waals surface area contributed by atoms with E-state index >= 15 is 0 Å². The lowest BCUT2D eigenvalue weighted by Gasteiger charge is -1.97. The van der Waals surface area contributed by atoms with Crippen LogP contribution in [0.15, 0.2) is 17.5 Å². The quantitative estimate of drug-likeness (QED) is 0.628. The Morgan fingerprint density at radius 1 is 1.78 bits per heavy atom. The average molecular weight is 158 g/mol. The van der Waals surface area contributed by atoms with Crippen molar-refractivity contribution in [3.05, 3.63) is 22.4 Å². The van der Waals surface area contributed by atoms with Crippen molar-refractivity contribution in [1.82, 2.24) is 0 Å². The molecule has 1 atom stereocenters. The molecular formula is C7H10S2. The molecule has 0 bridgehead atoms. The molecule has 0 aromatic carbocycles. The first-order valence-electron chi connectivity index (χ1n) is 2.99. The zero-order valence-corrected chi connectivity index (χ0v) is 7.08. The summed E-state index contributed by atoms with van der Waals surface area (Å²) < 4.78 is 0. The summed E-state index contributed by atoms with van der Waals surface area (Å²) >= 11 is 6.09. The minimum absolute atomic E-state index is 0.489. The molecule has 1 heterocycles. The first-order chi connectivity index (χ1) is 4.29. The lowest BCUT2D eigenvalue weighted by Crippen LogP contribution is -1.93. The van der Waals surface area contributed by atoms with Gasteiger partial charge in [-0.3, -0.25) is 0 Å². The molecule has 0 aliphatic rings. The van der Waals surface area contributed by atoms with E-state index in [2.05, 4.69) is 37.1 Å². The van der Waals surface area contributed by atoms with Crippen molar-refractivity contribution in [2.75, 3.05) is 0 Å². The fourth-order valence-corrected chi connectivity index (χ4v) is 1.88. The van der Waals surface area contributed by atoms with Crippen LogP contribution in [0.3, 0.4) is 0 Å². The Balaban J connectivity index is 2.48. The Kier molecular flexibility index (Phi) is 2.61. The topological polar surface area (TPSA) is 0 Å². The van der Waals surface area contributed by atoms with Gasteiger partial charge in [0.1, 0.15) is 0 Å². The van der Waals surface area contributed by atoms with Crippen LogP contribution in [-0.4, -0.2) is 5.25 Å². The van der Waals surface area contributed by atoms with Crippen LogP contribution in [0, 0.1) is 0 Å². The fraction of sp³-hybridized carbons (Fsp3) is 0.429. The van der Waals surface area contributed by atoms with Crippen LogP contribution in [0.5, 0.6) is 0 Å². The van der Waals surface area contributed by atoms with Gasteiger partial charge in [-0.05, 0) is 17.9 Å². The molecule has 0 spiro atoms. The minimum Gasteiger partial charge on any atom is -0.176 e. The maximum absolute atomic E-state index is 4.29. The van der Waals surface area contributed by atoms with Crippen LogP contribution in [0.4, 0.5) is 0 Å². The molecule has 1 unspecified atom stereocenters. The molecule has 1 rings (SSSR count). The van der Waals surface area contributed by atoms with Gasteiger partial charge in [0.2, 0.25) is 0 Å². The van der Waals surface area contributed by atoms with Crippen LogP contribution in [0.2, 0.25) is 0 Å². The van der Waals surface area contributed by atoms with Gasteiger partial charge in [-0.2, -0.15) is 12.6 Å². The summed E-state index contributed by atoms with van der Waals surface area (Å²) in [5.41, 5.74) is 0. The van der Waals surface area contributed by atoms with Crippen LogP contribution in [0.1, 0.15) is 11.8 Å². The Morgan fingerprint density at radius 3 is 3.00 bits per heavy atom. The van der Waals surface area contributed by atoms with Crippen molar-refractivity contribution < 1.29 is 0 Å². The Morgan fingerprint density at radius 2 is 2.56 bits per heavy atom. The lowest BCUT2D eigenvalue weighted by atomic mass is 10.3. The minimum atomic E-state index is 0.489. The molecule has 50 valence electrons. The van der Waals surface area contributed by atoms with Gasteiger partial charge >= 0.3 is 0 Å². The standard InChI is InChI=1S/C7H10S2/c1-6(8)5-7-3-2-4-9-7/h2-4,6,8H,5H2,1H3. The molecule has 0 amide bonds. The zero-order valence-electron chi connectivity index (χ0n) is 5.37. The largest absolute Gasteiger partial charge is 0.176 e. The third-order valence-corrected chi connectivity index (χ3v) is 2.16. The molecular weight excluding hydrogens is 148 g/mol. The first kappa shape index (κ1) is 7.16. The normalized spacial score (nSPS) is 13.6. The molecule has 1 aromatic heterocycles. The van der Waals surface area contributed by atoms with E-state index in [1.807, 2.05) is 0 Å². The number of thiophene rings is 1. The van der Waals surface area contributed by atoms with Gasteiger partial charge < -0.3 is 0 Å². The Labute approximate surface area is 65.3 Å². The predicted octanol–water partition coefficient (Wildman–Crippen LogP) is 2.61. The molecule has 2 heteroatoms. The van der Waals surface area contributed by atoms with Crippen molar-refractivity contribution in [2.24, 2.45) is 0 Å². The maximum atomic E-state index is 4.29. The van der Waals surface area contributed by atoms with Crippen molar-refractivity contribution in [2.45, 2.75) is 18.6 Å². The number of thiol groups is 1. The van der Waals surface area contributed by atoms with E-state index in [1.54, 1.807) is 11.3 Å². The molecule has 1 aromatic rings. The Hall–Kier alpha value is 0.0500. The summed E-state index contributed by atoms with van der Waals surface area (Å²) in [6.45, 7) is 2.11.